The molecule has 0 aliphatic rings. The predicted molar refractivity (Wildman–Crippen MR) is 53.2 cm³/mol. The Morgan fingerprint density at radius 1 is 1.00 bits per heavy atom. The minimum atomic E-state index is 0.834. The average molecular weight is 168 g/mol. The molecule has 0 amide bonds. The number of nitrogens with one attached hydrogen (secondary N) is 1. The molecule has 0 unspecified atom stereocenters. The maximum absolute atomic E-state index is 8.43. The van der Waals surface area contributed by atoms with Crippen LogP contribution in [0.25, 0.3) is 10.8 Å². The molecule has 1 N–H and O–H groups in total. The van der Waals surface area contributed by atoms with Gasteiger partial charge in [0.05, 0.1) is 0 Å². The average Bonchev–Trinajstić information content (AvgIpc) is 2.18. The summed E-state index contributed by atoms with van der Waals surface area (Å²) in [6, 6.07) is 13.9. The number of nitrogens with zero attached hydrogens (tertiary/aromatic N) is 1. The van der Waals surface area contributed by atoms with Gasteiger partial charge in [0.2, 0.25) is 0 Å². The van der Waals surface area contributed by atoms with Crippen LogP contribution in [0.5, 0.6) is 0 Å². The molecule has 2 aromatic carbocycles. The zero-order valence-corrected chi connectivity index (χ0v) is 6.99. The summed E-state index contributed by atoms with van der Waals surface area (Å²) >= 11 is 0. The Bertz CT molecular complexity index is 469. The number of fused-ring (bicyclic) bond motifs is 1. The van der Waals surface area contributed by atoms with Gasteiger partial charge in [0.1, 0.15) is 0 Å². The fraction of sp³-hybridized carbons (Fsp3) is 0. The lowest BCUT2D eigenvalue weighted by molar-refractivity contribution is 1.48. The van der Waals surface area contributed by atoms with Crippen LogP contribution in [-0.4, -0.2) is 0 Å². The molecule has 13 heavy (non-hydrogen) atoms. The number of rotatable bonds is 1. The molecule has 0 spiro atoms. The van der Waals surface area contributed by atoms with Crippen molar-refractivity contribution in [3.8, 4) is 6.19 Å². The summed E-state index contributed by atoms with van der Waals surface area (Å²) in [5.41, 5.74) is 0.834. The van der Waals surface area contributed by atoms with Gasteiger partial charge in [-0.25, -0.2) is 0 Å². The summed E-state index contributed by atoms with van der Waals surface area (Å²) in [5, 5.41) is 13.4. The van der Waals surface area contributed by atoms with Gasteiger partial charge < -0.3 is 0 Å². The van der Waals surface area contributed by atoms with Crippen LogP contribution in [-0.2, 0) is 0 Å². The predicted octanol–water partition coefficient (Wildman–Crippen LogP) is 2.73. The van der Waals surface area contributed by atoms with Crippen LogP contribution in [0.15, 0.2) is 42.5 Å². The lowest BCUT2D eigenvalue weighted by Gasteiger charge is -1.99. The van der Waals surface area contributed by atoms with Crippen molar-refractivity contribution >= 4 is 16.5 Å². The van der Waals surface area contributed by atoms with E-state index in [9.17, 15) is 0 Å². The van der Waals surface area contributed by atoms with Gasteiger partial charge in [-0.3, -0.25) is 5.32 Å². The standard InChI is InChI=1S/C11H8N2/c12-8-13-11-6-5-9-3-1-2-4-10(9)7-11/h1-7,13H. The molecule has 0 aromatic heterocycles. The second kappa shape index (κ2) is 3.16. The third-order valence-corrected chi connectivity index (χ3v) is 1.95. The molecule has 0 radical (unpaired) electrons. The lowest BCUT2D eigenvalue weighted by Crippen LogP contribution is -1.85. The van der Waals surface area contributed by atoms with E-state index in [-0.39, 0.29) is 0 Å². The maximum Gasteiger partial charge on any atom is 0.181 e. The fourth-order valence-corrected chi connectivity index (χ4v) is 1.33. The van der Waals surface area contributed by atoms with Crippen molar-refractivity contribution in [3.05, 3.63) is 42.5 Å². The van der Waals surface area contributed by atoms with Crippen LogP contribution < -0.4 is 5.32 Å². The summed E-state index contributed by atoms with van der Waals surface area (Å²) in [6.45, 7) is 0. The molecule has 0 aliphatic carbocycles. The summed E-state index contributed by atoms with van der Waals surface area (Å²) in [4.78, 5) is 0. The minimum absolute atomic E-state index is 0.834. The Morgan fingerprint density at radius 3 is 2.54 bits per heavy atom. The summed E-state index contributed by atoms with van der Waals surface area (Å²) in [5.74, 6) is 0. The zero-order valence-electron chi connectivity index (χ0n) is 6.99. The first-order valence-electron chi connectivity index (χ1n) is 4.04. The first-order chi connectivity index (χ1) is 6.40. The number of hydrogen-bond acceptors (Lipinski definition) is 2. The van der Waals surface area contributed by atoms with E-state index in [0.29, 0.717) is 0 Å². The Balaban J connectivity index is 2.57. The number of hydrogen-bond donors (Lipinski definition) is 1. The van der Waals surface area contributed by atoms with Gasteiger partial charge in [-0.1, -0.05) is 30.3 Å². The van der Waals surface area contributed by atoms with Gasteiger partial charge in [-0.05, 0) is 22.9 Å². The first-order valence-corrected chi connectivity index (χ1v) is 4.04. The Labute approximate surface area is 76.4 Å². The number of anilines is 1. The van der Waals surface area contributed by atoms with Gasteiger partial charge in [-0.15, -0.1) is 0 Å². The van der Waals surface area contributed by atoms with E-state index in [1.807, 2.05) is 48.7 Å². The largest absolute Gasteiger partial charge is 0.293 e. The Hall–Kier alpha value is -2.01. The SMILES string of the molecule is N#CNc1ccc2ccccc2c1. The van der Waals surface area contributed by atoms with Crippen LogP contribution >= 0.6 is 0 Å². The topological polar surface area (TPSA) is 35.8 Å². The minimum Gasteiger partial charge on any atom is -0.293 e. The second-order valence-electron chi connectivity index (χ2n) is 2.80. The van der Waals surface area contributed by atoms with Crippen LogP contribution in [0.2, 0.25) is 0 Å². The normalized spacial score (nSPS) is 9.46. The van der Waals surface area contributed by atoms with Crippen molar-refractivity contribution in [1.29, 1.82) is 5.26 Å². The number of nitriles is 1. The smallest absolute Gasteiger partial charge is 0.181 e. The van der Waals surface area contributed by atoms with Crippen molar-refractivity contribution in [2.75, 3.05) is 5.32 Å². The molecule has 0 aliphatic heterocycles. The van der Waals surface area contributed by atoms with Crippen LogP contribution in [0.1, 0.15) is 0 Å². The fourth-order valence-electron chi connectivity index (χ4n) is 1.33. The van der Waals surface area contributed by atoms with Crippen LogP contribution in [0.4, 0.5) is 5.69 Å². The van der Waals surface area contributed by atoms with E-state index in [2.05, 4.69) is 5.32 Å². The molecule has 2 heteroatoms. The highest BCUT2D eigenvalue weighted by atomic mass is 14.9. The number of benzene rings is 2. The molecule has 62 valence electrons. The monoisotopic (exact) mass is 168 g/mol. The van der Waals surface area contributed by atoms with E-state index in [0.717, 1.165) is 11.1 Å². The highest BCUT2D eigenvalue weighted by Crippen LogP contribution is 2.18. The Morgan fingerprint density at radius 2 is 1.77 bits per heavy atom. The molecular formula is C11H8N2. The lowest BCUT2D eigenvalue weighted by atomic mass is 10.1. The molecule has 2 aromatic rings. The molecule has 0 saturated carbocycles. The molecule has 2 rings (SSSR count). The molecule has 0 heterocycles. The van der Waals surface area contributed by atoms with Crippen molar-refractivity contribution < 1.29 is 0 Å². The van der Waals surface area contributed by atoms with Crippen molar-refractivity contribution in [2.24, 2.45) is 0 Å². The zero-order chi connectivity index (χ0) is 9.10. The van der Waals surface area contributed by atoms with Gasteiger partial charge in [0.15, 0.2) is 6.19 Å². The van der Waals surface area contributed by atoms with Crippen LogP contribution in [0.3, 0.4) is 0 Å². The maximum atomic E-state index is 8.43. The molecule has 0 atom stereocenters. The quantitative estimate of drug-likeness (QED) is 0.525. The molecule has 0 saturated heterocycles. The summed E-state index contributed by atoms with van der Waals surface area (Å²) < 4.78 is 0. The third kappa shape index (κ3) is 1.45. The summed E-state index contributed by atoms with van der Waals surface area (Å²) in [7, 11) is 0. The summed E-state index contributed by atoms with van der Waals surface area (Å²) in [6.07, 6.45) is 1.90. The highest BCUT2D eigenvalue weighted by molar-refractivity contribution is 5.85. The molecule has 2 nitrogen and oxygen atoms in total. The highest BCUT2D eigenvalue weighted by Gasteiger charge is 1.93. The van der Waals surface area contributed by atoms with Gasteiger partial charge in [-0.2, -0.15) is 5.26 Å². The van der Waals surface area contributed by atoms with E-state index in [1.54, 1.807) is 0 Å². The van der Waals surface area contributed by atoms with Gasteiger partial charge in [0, 0.05) is 5.69 Å². The third-order valence-electron chi connectivity index (χ3n) is 1.95. The van der Waals surface area contributed by atoms with Crippen molar-refractivity contribution in [1.82, 2.24) is 0 Å². The van der Waals surface area contributed by atoms with E-state index in [4.69, 9.17) is 5.26 Å². The van der Waals surface area contributed by atoms with Crippen molar-refractivity contribution in [2.45, 2.75) is 0 Å². The molecule has 0 bridgehead atoms. The van der Waals surface area contributed by atoms with E-state index in [1.165, 1.54) is 5.39 Å². The second-order valence-corrected chi connectivity index (χ2v) is 2.80. The Kier molecular flexibility index (Phi) is 1.85. The molecule has 0 fully saturated rings. The molecular weight excluding hydrogens is 160 g/mol. The van der Waals surface area contributed by atoms with Crippen molar-refractivity contribution in [3.63, 3.8) is 0 Å². The van der Waals surface area contributed by atoms with E-state index >= 15 is 0 Å². The van der Waals surface area contributed by atoms with E-state index < -0.39 is 0 Å². The van der Waals surface area contributed by atoms with Gasteiger partial charge in [0.25, 0.3) is 0 Å². The first kappa shape index (κ1) is 7.63. The van der Waals surface area contributed by atoms with Gasteiger partial charge >= 0.3 is 0 Å². The van der Waals surface area contributed by atoms with Crippen LogP contribution in [0, 0.1) is 11.5 Å².